The van der Waals surface area contributed by atoms with Crippen molar-refractivity contribution in [2.45, 2.75) is 219 Å². The number of unbranched alkanes of at least 4 members (excludes halogenated alkanes) is 13. The Morgan fingerprint density at radius 3 is 1.07 bits per heavy atom. The Morgan fingerprint density at radius 1 is 0.338 bits per heavy atom. The third kappa shape index (κ3) is 54.4. The lowest BCUT2D eigenvalue weighted by atomic mass is 10.1. The molecular weight excluding hydrogens is 837 g/mol. The standard InChI is InChI=1S/C63H100O5/c1-4-7-10-13-16-19-22-25-28-31-32-34-35-38-41-44-47-50-53-56-62(64)67-60-61(59-66-58-55-52-49-46-43-40-37-30-27-24-21-18-15-12-9-6-3)68-63(65)57-54-51-48-45-42-39-36-33-29-26-23-20-17-14-11-8-5-2/h7,9-10,12,16-21,25-30,32,34,38,40-41,43,49,52,61H,4-6,8,11,13-15,22-24,31,33,35-37,39,42,44-48,50-51,53-60H2,1-3H3/b10-7-,12-9-,19-16-,20-17-,21-18-,28-25-,29-26-,30-27-,34-32-,41-38-,43-40-,52-49-. The van der Waals surface area contributed by atoms with E-state index in [2.05, 4.69) is 167 Å². The van der Waals surface area contributed by atoms with Gasteiger partial charge in [0.25, 0.3) is 0 Å². The molecule has 0 aliphatic carbocycles. The lowest BCUT2D eigenvalue weighted by Crippen LogP contribution is -2.30. The van der Waals surface area contributed by atoms with Crippen LogP contribution in [0.15, 0.2) is 146 Å². The van der Waals surface area contributed by atoms with E-state index < -0.39 is 6.10 Å². The van der Waals surface area contributed by atoms with E-state index >= 15 is 0 Å². The summed E-state index contributed by atoms with van der Waals surface area (Å²) in [6, 6.07) is 0. The molecule has 0 aliphatic heterocycles. The van der Waals surface area contributed by atoms with Crippen molar-refractivity contribution in [3.05, 3.63) is 146 Å². The van der Waals surface area contributed by atoms with Gasteiger partial charge in [0.2, 0.25) is 0 Å². The molecule has 0 saturated carbocycles. The molecule has 5 nitrogen and oxygen atoms in total. The summed E-state index contributed by atoms with van der Waals surface area (Å²) in [7, 11) is 0. The fourth-order valence-electron chi connectivity index (χ4n) is 6.86. The van der Waals surface area contributed by atoms with Gasteiger partial charge in [0.15, 0.2) is 6.10 Å². The molecule has 68 heavy (non-hydrogen) atoms. The number of carbonyl (C=O) groups is 2. The third-order valence-corrected chi connectivity index (χ3v) is 10.9. The minimum Gasteiger partial charge on any atom is -0.462 e. The van der Waals surface area contributed by atoms with E-state index in [-0.39, 0.29) is 25.2 Å². The summed E-state index contributed by atoms with van der Waals surface area (Å²) in [5.41, 5.74) is 0. The molecule has 0 fully saturated rings. The fraction of sp³-hybridized carbons (Fsp3) is 0.587. The van der Waals surface area contributed by atoms with Gasteiger partial charge < -0.3 is 14.2 Å². The van der Waals surface area contributed by atoms with E-state index in [4.69, 9.17) is 14.2 Å². The van der Waals surface area contributed by atoms with E-state index in [9.17, 15) is 9.59 Å². The molecule has 0 saturated heterocycles. The minimum atomic E-state index is -0.606. The SMILES string of the molecule is CC/C=C\C/C=C\C/C=C\C/C=C\C/C=C\CCCCCC(=O)OCC(COCC/C=C\C/C=C\C/C=C\C/C=C\C/C=C\CC)OC(=O)CCCCCCCCC/C=C\C/C=C\CCCCC. The third-order valence-electron chi connectivity index (χ3n) is 10.9. The summed E-state index contributed by atoms with van der Waals surface area (Å²) in [6.45, 7) is 7.30. The highest BCUT2D eigenvalue weighted by Gasteiger charge is 2.17. The molecule has 0 heterocycles. The predicted octanol–water partition coefficient (Wildman–Crippen LogP) is 18.9. The predicted molar refractivity (Wildman–Crippen MR) is 297 cm³/mol. The number of allylic oxidation sites excluding steroid dienone is 23. The van der Waals surface area contributed by atoms with E-state index in [0.29, 0.717) is 19.4 Å². The van der Waals surface area contributed by atoms with Crippen LogP contribution in [0, 0.1) is 0 Å². The van der Waals surface area contributed by atoms with Crippen molar-refractivity contribution in [2.24, 2.45) is 0 Å². The van der Waals surface area contributed by atoms with Gasteiger partial charge in [0, 0.05) is 12.8 Å². The topological polar surface area (TPSA) is 61.8 Å². The molecule has 0 amide bonds. The molecule has 0 bridgehead atoms. The maximum absolute atomic E-state index is 12.8. The van der Waals surface area contributed by atoms with Gasteiger partial charge >= 0.3 is 11.9 Å². The lowest BCUT2D eigenvalue weighted by molar-refractivity contribution is -0.162. The highest BCUT2D eigenvalue weighted by Crippen LogP contribution is 2.12. The molecule has 0 rings (SSSR count). The summed E-state index contributed by atoms with van der Waals surface area (Å²) < 4.78 is 17.3. The van der Waals surface area contributed by atoms with E-state index in [1.807, 2.05) is 0 Å². The minimum absolute atomic E-state index is 0.0250. The lowest BCUT2D eigenvalue weighted by Gasteiger charge is -2.18. The van der Waals surface area contributed by atoms with Crippen LogP contribution in [0.3, 0.4) is 0 Å². The van der Waals surface area contributed by atoms with Crippen LogP contribution in [0.1, 0.15) is 213 Å². The van der Waals surface area contributed by atoms with Crippen molar-refractivity contribution in [1.82, 2.24) is 0 Å². The zero-order chi connectivity index (χ0) is 49.2. The zero-order valence-corrected chi connectivity index (χ0v) is 43.8. The van der Waals surface area contributed by atoms with Crippen LogP contribution in [-0.4, -0.2) is 37.9 Å². The van der Waals surface area contributed by atoms with E-state index in [0.717, 1.165) is 128 Å². The highest BCUT2D eigenvalue weighted by molar-refractivity contribution is 5.70. The van der Waals surface area contributed by atoms with Crippen LogP contribution >= 0.6 is 0 Å². The van der Waals surface area contributed by atoms with Crippen molar-refractivity contribution in [3.8, 4) is 0 Å². The Bertz CT molecular complexity index is 1480. The number of ether oxygens (including phenoxy) is 3. The first-order valence-corrected chi connectivity index (χ1v) is 27.4. The van der Waals surface area contributed by atoms with E-state index in [1.165, 1.54) is 51.4 Å². The van der Waals surface area contributed by atoms with Crippen LogP contribution < -0.4 is 0 Å². The first-order chi connectivity index (χ1) is 33.6. The Balaban J connectivity index is 4.49. The first-order valence-electron chi connectivity index (χ1n) is 27.4. The molecule has 0 aromatic carbocycles. The van der Waals surface area contributed by atoms with Crippen LogP contribution in [-0.2, 0) is 23.8 Å². The Hall–Kier alpha value is -4.22. The summed E-state index contributed by atoms with van der Waals surface area (Å²) in [5, 5.41) is 0. The van der Waals surface area contributed by atoms with Crippen molar-refractivity contribution in [3.63, 3.8) is 0 Å². The molecule has 1 unspecified atom stereocenters. The quantitative estimate of drug-likeness (QED) is 0.0346. The van der Waals surface area contributed by atoms with Crippen LogP contribution in [0.4, 0.5) is 0 Å². The number of hydrogen-bond acceptors (Lipinski definition) is 5. The van der Waals surface area contributed by atoms with Gasteiger partial charge in [-0.15, -0.1) is 0 Å². The second-order valence-electron chi connectivity index (χ2n) is 17.4. The Kier molecular flexibility index (Phi) is 53.6. The molecule has 0 aromatic rings. The average Bonchev–Trinajstić information content (AvgIpc) is 3.34. The monoisotopic (exact) mass is 937 g/mol. The molecule has 0 aromatic heterocycles. The molecule has 382 valence electrons. The molecule has 0 aliphatic rings. The summed E-state index contributed by atoms with van der Waals surface area (Å²) in [6.07, 6.45) is 83.1. The van der Waals surface area contributed by atoms with Gasteiger partial charge in [0.05, 0.1) is 13.2 Å². The number of esters is 2. The number of carbonyl (C=O) groups excluding carboxylic acids is 2. The highest BCUT2D eigenvalue weighted by atomic mass is 16.6. The maximum Gasteiger partial charge on any atom is 0.306 e. The second-order valence-corrected chi connectivity index (χ2v) is 17.4. The summed E-state index contributed by atoms with van der Waals surface area (Å²) >= 11 is 0. The van der Waals surface area contributed by atoms with Crippen molar-refractivity contribution in [2.75, 3.05) is 19.8 Å². The van der Waals surface area contributed by atoms with Crippen LogP contribution in [0.2, 0.25) is 0 Å². The summed E-state index contributed by atoms with van der Waals surface area (Å²) in [4.78, 5) is 25.5. The van der Waals surface area contributed by atoms with Crippen LogP contribution in [0.25, 0.3) is 0 Å². The van der Waals surface area contributed by atoms with Gasteiger partial charge in [-0.1, -0.05) is 218 Å². The average molecular weight is 937 g/mol. The molecule has 1 atom stereocenters. The smallest absolute Gasteiger partial charge is 0.306 e. The van der Waals surface area contributed by atoms with Crippen LogP contribution in [0.5, 0.6) is 0 Å². The van der Waals surface area contributed by atoms with Crippen molar-refractivity contribution >= 4 is 11.9 Å². The van der Waals surface area contributed by atoms with Gasteiger partial charge in [-0.25, -0.2) is 0 Å². The molecule has 5 heteroatoms. The second kappa shape index (κ2) is 57.1. The fourth-order valence-corrected chi connectivity index (χ4v) is 6.86. The van der Waals surface area contributed by atoms with Gasteiger partial charge in [-0.3, -0.25) is 9.59 Å². The molecule has 0 radical (unpaired) electrons. The largest absolute Gasteiger partial charge is 0.462 e. The normalized spacial score (nSPS) is 13.4. The first kappa shape index (κ1) is 63.8. The van der Waals surface area contributed by atoms with Crippen molar-refractivity contribution in [1.29, 1.82) is 0 Å². The molecule has 0 N–H and O–H groups in total. The van der Waals surface area contributed by atoms with Gasteiger partial charge in [-0.2, -0.15) is 0 Å². The maximum atomic E-state index is 12.8. The molecule has 0 spiro atoms. The zero-order valence-electron chi connectivity index (χ0n) is 43.8. The van der Waals surface area contributed by atoms with Crippen molar-refractivity contribution < 1.29 is 23.8 Å². The number of rotatable bonds is 48. The van der Waals surface area contributed by atoms with E-state index in [1.54, 1.807) is 0 Å². The Labute approximate surface area is 419 Å². The summed E-state index contributed by atoms with van der Waals surface area (Å²) in [5.74, 6) is -0.494. The number of hydrogen-bond donors (Lipinski definition) is 0. The molecular formula is C63H100O5. The van der Waals surface area contributed by atoms with Gasteiger partial charge in [0.1, 0.15) is 6.61 Å². The Morgan fingerprint density at radius 2 is 0.662 bits per heavy atom. The van der Waals surface area contributed by atoms with Gasteiger partial charge in [-0.05, 0) is 128 Å².